The molecule has 0 spiro atoms. The van der Waals surface area contributed by atoms with Crippen LogP contribution in [0.15, 0.2) is 48.5 Å². The number of para-hydroxylation sites is 1. The van der Waals surface area contributed by atoms with Gasteiger partial charge in [0.1, 0.15) is 12.4 Å². The minimum atomic E-state index is -2.43. The molecule has 2 aromatic carbocycles. The summed E-state index contributed by atoms with van der Waals surface area (Å²) < 4.78 is 30.9. The van der Waals surface area contributed by atoms with Crippen LogP contribution < -0.4 is 10.1 Å². The zero-order valence-corrected chi connectivity index (χ0v) is 10.9. The molecule has 20 heavy (non-hydrogen) atoms. The number of fused-ring (bicyclic) bond motifs is 1. The van der Waals surface area contributed by atoms with Crippen molar-refractivity contribution in [1.82, 2.24) is 5.32 Å². The Balaban J connectivity index is 1.67. The van der Waals surface area contributed by atoms with Crippen LogP contribution in [0.5, 0.6) is 5.75 Å². The highest BCUT2D eigenvalue weighted by Gasteiger charge is 2.22. The van der Waals surface area contributed by atoms with Crippen LogP contribution in [0.4, 0.5) is 8.78 Å². The number of rotatable bonds is 4. The molecule has 1 aliphatic rings. The van der Waals surface area contributed by atoms with Gasteiger partial charge in [0.05, 0.1) is 6.04 Å². The molecule has 0 saturated carbocycles. The molecule has 0 amide bonds. The predicted molar refractivity (Wildman–Crippen MR) is 72.9 cm³/mol. The van der Waals surface area contributed by atoms with E-state index < -0.39 is 6.43 Å². The van der Waals surface area contributed by atoms with Gasteiger partial charge in [-0.3, -0.25) is 0 Å². The van der Waals surface area contributed by atoms with Gasteiger partial charge in [-0.25, -0.2) is 8.78 Å². The summed E-state index contributed by atoms with van der Waals surface area (Å²) in [7, 11) is 0. The third-order valence-electron chi connectivity index (χ3n) is 3.46. The van der Waals surface area contributed by atoms with Crippen LogP contribution in [0, 0.1) is 0 Å². The molecule has 4 heteroatoms. The molecule has 104 valence electrons. The molecule has 0 aliphatic carbocycles. The molecular weight excluding hydrogens is 260 g/mol. The van der Waals surface area contributed by atoms with E-state index in [1.165, 1.54) is 6.07 Å². The highest BCUT2D eigenvalue weighted by molar-refractivity contribution is 5.39. The molecule has 0 radical (unpaired) electrons. The Bertz CT molecular complexity index is 601. The van der Waals surface area contributed by atoms with Crippen molar-refractivity contribution in [3.63, 3.8) is 0 Å². The second-order valence-electron chi connectivity index (χ2n) is 4.83. The summed E-state index contributed by atoms with van der Waals surface area (Å²) in [6.45, 7) is 1.12. The lowest BCUT2D eigenvalue weighted by Gasteiger charge is -2.12. The summed E-state index contributed by atoms with van der Waals surface area (Å²) in [5.74, 6) is 0.895. The third-order valence-corrected chi connectivity index (χ3v) is 3.46. The Kier molecular flexibility index (Phi) is 3.65. The lowest BCUT2D eigenvalue weighted by molar-refractivity contribution is 0.151. The summed E-state index contributed by atoms with van der Waals surface area (Å²) >= 11 is 0. The van der Waals surface area contributed by atoms with E-state index in [9.17, 15) is 8.78 Å². The number of nitrogens with one attached hydrogen (secondary N) is 1. The fraction of sp³-hybridized carbons (Fsp3) is 0.250. The second kappa shape index (κ2) is 5.59. The van der Waals surface area contributed by atoms with E-state index in [0.717, 1.165) is 16.9 Å². The van der Waals surface area contributed by atoms with Gasteiger partial charge in [-0.1, -0.05) is 36.4 Å². The van der Waals surface area contributed by atoms with Gasteiger partial charge in [0.2, 0.25) is 0 Å². The zero-order chi connectivity index (χ0) is 13.9. The average Bonchev–Trinajstić information content (AvgIpc) is 2.89. The average molecular weight is 275 g/mol. The maximum Gasteiger partial charge on any atom is 0.263 e. The van der Waals surface area contributed by atoms with Gasteiger partial charge in [0.25, 0.3) is 6.43 Å². The third kappa shape index (κ3) is 2.65. The molecule has 1 aliphatic heterocycles. The standard InChI is InChI=1S/C16H15F2NO/c17-16(18)12-5-3-4-11(8-12)9-19-14-10-20-15-7-2-1-6-13(14)15/h1-8,14,16,19H,9-10H2. The molecule has 0 aromatic heterocycles. The molecule has 2 nitrogen and oxygen atoms in total. The summed E-state index contributed by atoms with van der Waals surface area (Å²) in [5.41, 5.74) is 2.04. The fourth-order valence-corrected chi connectivity index (χ4v) is 2.41. The monoisotopic (exact) mass is 275 g/mol. The highest BCUT2D eigenvalue weighted by atomic mass is 19.3. The van der Waals surface area contributed by atoms with Crippen LogP contribution >= 0.6 is 0 Å². The topological polar surface area (TPSA) is 21.3 Å². The molecule has 1 unspecified atom stereocenters. The maximum absolute atomic E-state index is 12.6. The van der Waals surface area contributed by atoms with E-state index in [4.69, 9.17) is 4.74 Å². The van der Waals surface area contributed by atoms with Crippen molar-refractivity contribution in [3.8, 4) is 5.75 Å². The molecule has 1 N–H and O–H groups in total. The van der Waals surface area contributed by atoms with Crippen molar-refractivity contribution in [1.29, 1.82) is 0 Å². The first-order valence-electron chi connectivity index (χ1n) is 6.56. The molecule has 1 atom stereocenters. The van der Waals surface area contributed by atoms with Gasteiger partial charge in [0.15, 0.2) is 0 Å². The SMILES string of the molecule is FC(F)c1cccc(CNC2COc3ccccc32)c1. The quantitative estimate of drug-likeness (QED) is 0.915. The summed E-state index contributed by atoms with van der Waals surface area (Å²) in [6, 6.07) is 14.5. The van der Waals surface area contributed by atoms with E-state index >= 15 is 0 Å². The Labute approximate surface area is 116 Å². The lowest BCUT2D eigenvalue weighted by atomic mass is 10.1. The summed E-state index contributed by atoms with van der Waals surface area (Å²) in [6.07, 6.45) is -2.43. The first kappa shape index (κ1) is 13.1. The number of hydrogen-bond donors (Lipinski definition) is 1. The number of halogens is 2. The van der Waals surface area contributed by atoms with Crippen LogP contribution in [-0.4, -0.2) is 6.61 Å². The molecular formula is C16H15F2NO. The van der Waals surface area contributed by atoms with Crippen molar-refractivity contribution in [2.75, 3.05) is 6.61 Å². The van der Waals surface area contributed by atoms with Crippen LogP contribution in [0.2, 0.25) is 0 Å². The second-order valence-corrected chi connectivity index (χ2v) is 4.83. The van der Waals surface area contributed by atoms with Crippen molar-refractivity contribution < 1.29 is 13.5 Å². The Morgan fingerprint density at radius 2 is 2.00 bits per heavy atom. The number of benzene rings is 2. The fourth-order valence-electron chi connectivity index (χ4n) is 2.41. The first-order chi connectivity index (χ1) is 9.74. The van der Waals surface area contributed by atoms with E-state index in [-0.39, 0.29) is 11.6 Å². The Morgan fingerprint density at radius 3 is 2.85 bits per heavy atom. The van der Waals surface area contributed by atoms with E-state index in [2.05, 4.69) is 5.32 Å². The molecule has 2 aromatic rings. The molecule has 1 heterocycles. The van der Waals surface area contributed by atoms with Gasteiger partial charge >= 0.3 is 0 Å². The van der Waals surface area contributed by atoms with Gasteiger partial charge in [-0.15, -0.1) is 0 Å². The van der Waals surface area contributed by atoms with E-state index in [1.54, 1.807) is 12.1 Å². The van der Waals surface area contributed by atoms with Gasteiger partial charge in [-0.2, -0.15) is 0 Å². The van der Waals surface area contributed by atoms with Crippen LogP contribution in [-0.2, 0) is 6.54 Å². The zero-order valence-electron chi connectivity index (χ0n) is 10.9. The number of alkyl halides is 2. The largest absolute Gasteiger partial charge is 0.491 e. The van der Waals surface area contributed by atoms with Gasteiger partial charge < -0.3 is 10.1 Å². The normalized spacial score (nSPS) is 17.1. The van der Waals surface area contributed by atoms with Gasteiger partial charge in [-0.05, 0) is 17.7 Å². The van der Waals surface area contributed by atoms with Crippen LogP contribution in [0.3, 0.4) is 0 Å². The minimum Gasteiger partial charge on any atom is -0.491 e. The predicted octanol–water partition coefficient (Wildman–Crippen LogP) is 3.85. The molecule has 0 fully saturated rings. The highest BCUT2D eigenvalue weighted by Crippen LogP contribution is 2.31. The number of ether oxygens (including phenoxy) is 1. The molecule has 0 saturated heterocycles. The van der Waals surface area contributed by atoms with Crippen LogP contribution in [0.1, 0.15) is 29.2 Å². The van der Waals surface area contributed by atoms with Crippen molar-refractivity contribution in [3.05, 3.63) is 65.2 Å². The lowest BCUT2D eigenvalue weighted by Crippen LogP contribution is -2.22. The van der Waals surface area contributed by atoms with Crippen LogP contribution in [0.25, 0.3) is 0 Å². The van der Waals surface area contributed by atoms with Gasteiger partial charge in [0, 0.05) is 17.7 Å². The number of hydrogen-bond acceptors (Lipinski definition) is 2. The van der Waals surface area contributed by atoms with Crippen molar-refractivity contribution >= 4 is 0 Å². The molecule has 3 rings (SSSR count). The maximum atomic E-state index is 12.6. The molecule has 0 bridgehead atoms. The van der Waals surface area contributed by atoms with Crippen molar-refractivity contribution in [2.45, 2.75) is 19.0 Å². The smallest absolute Gasteiger partial charge is 0.263 e. The Morgan fingerprint density at radius 1 is 1.15 bits per heavy atom. The first-order valence-corrected chi connectivity index (χ1v) is 6.56. The minimum absolute atomic E-state index is 0.0624. The Hall–Kier alpha value is -1.94. The summed E-state index contributed by atoms with van der Waals surface area (Å²) in [5, 5.41) is 3.35. The van der Waals surface area contributed by atoms with E-state index in [1.807, 2.05) is 30.3 Å². The van der Waals surface area contributed by atoms with Crippen molar-refractivity contribution in [2.24, 2.45) is 0 Å². The summed E-state index contributed by atoms with van der Waals surface area (Å²) in [4.78, 5) is 0. The van der Waals surface area contributed by atoms with E-state index in [0.29, 0.717) is 13.2 Å².